The van der Waals surface area contributed by atoms with Crippen LogP contribution in [0.3, 0.4) is 0 Å². The molecule has 0 saturated heterocycles. The molecule has 0 fully saturated rings. The van der Waals surface area contributed by atoms with Gasteiger partial charge in [-0.15, -0.1) is 0 Å². The molecule has 0 bridgehead atoms. The van der Waals surface area contributed by atoms with Crippen molar-refractivity contribution in [3.63, 3.8) is 0 Å². The van der Waals surface area contributed by atoms with Gasteiger partial charge in [-0.25, -0.2) is 10.1 Å². The van der Waals surface area contributed by atoms with E-state index in [0.29, 0.717) is 34.1 Å². The molecular formula is C26H18N4O4. The Morgan fingerprint density at radius 1 is 0.971 bits per heavy atom. The van der Waals surface area contributed by atoms with Crippen molar-refractivity contribution < 1.29 is 18.7 Å². The summed E-state index contributed by atoms with van der Waals surface area (Å²) in [6.45, 7) is 0.147. The minimum Gasteiger partial charge on any atom is -0.454 e. The Labute approximate surface area is 194 Å². The minimum absolute atomic E-state index is 0.147. The summed E-state index contributed by atoms with van der Waals surface area (Å²) in [6, 6.07) is 24.4. The number of nitrogens with zero attached hydrogens (tertiary/aromatic N) is 3. The average molecular weight is 450 g/mol. The highest BCUT2D eigenvalue weighted by Gasteiger charge is 2.17. The van der Waals surface area contributed by atoms with E-state index in [1.54, 1.807) is 29.1 Å². The topological polar surface area (TPSA) is 90.9 Å². The van der Waals surface area contributed by atoms with E-state index >= 15 is 0 Å². The lowest BCUT2D eigenvalue weighted by Crippen LogP contribution is -2.17. The van der Waals surface area contributed by atoms with Gasteiger partial charge in [-0.05, 0) is 42.5 Å². The molecule has 1 N–H and O–H groups in total. The zero-order chi connectivity index (χ0) is 22.9. The van der Waals surface area contributed by atoms with Gasteiger partial charge in [-0.3, -0.25) is 4.79 Å². The van der Waals surface area contributed by atoms with Crippen molar-refractivity contribution in [2.75, 3.05) is 6.79 Å². The summed E-state index contributed by atoms with van der Waals surface area (Å²) >= 11 is 0. The van der Waals surface area contributed by atoms with E-state index in [1.807, 2.05) is 66.9 Å². The van der Waals surface area contributed by atoms with Crippen LogP contribution in [0, 0.1) is 0 Å². The summed E-state index contributed by atoms with van der Waals surface area (Å²) in [6.07, 6.45) is 3.40. The van der Waals surface area contributed by atoms with E-state index in [-0.39, 0.29) is 12.7 Å². The van der Waals surface area contributed by atoms with Gasteiger partial charge in [0.2, 0.25) is 6.79 Å². The van der Waals surface area contributed by atoms with E-state index in [4.69, 9.17) is 19.0 Å². The molecule has 8 nitrogen and oxygen atoms in total. The van der Waals surface area contributed by atoms with Crippen molar-refractivity contribution in [3.05, 3.63) is 96.2 Å². The first kappa shape index (κ1) is 19.8. The van der Waals surface area contributed by atoms with Crippen LogP contribution in [0.2, 0.25) is 0 Å². The minimum atomic E-state index is -0.365. The molecule has 2 aromatic heterocycles. The zero-order valence-corrected chi connectivity index (χ0v) is 17.8. The van der Waals surface area contributed by atoms with Crippen molar-refractivity contribution >= 4 is 23.1 Å². The maximum absolute atomic E-state index is 12.6. The Bertz CT molecular complexity index is 1500. The highest BCUT2D eigenvalue weighted by molar-refractivity contribution is 5.96. The van der Waals surface area contributed by atoms with Gasteiger partial charge >= 0.3 is 0 Å². The fraction of sp³-hybridized carbons (Fsp3) is 0.0385. The number of carbonyl (C=O) groups is 1. The highest BCUT2D eigenvalue weighted by atomic mass is 16.7. The molecule has 3 aromatic carbocycles. The Morgan fingerprint density at radius 3 is 2.68 bits per heavy atom. The smallest absolute Gasteiger partial charge is 0.271 e. The molecule has 1 amide bonds. The Kier molecular flexibility index (Phi) is 4.81. The summed E-state index contributed by atoms with van der Waals surface area (Å²) in [5.41, 5.74) is 5.94. The summed E-state index contributed by atoms with van der Waals surface area (Å²) in [7, 11) is 0. The van der Waals surface area contributed by atoms with Crippen LogP contribution in [0.4, 0.5) is 0 Å². The number of furan rings is 1. The maximum atomic E-state index is 12.6. The number of hydrogen-bond donors (Lipinski definition) is 1. The van der Waals surface area contributed by atoms with Gasteiger partial charge in [0.15, 0.2) is 17.3 Å². The van der Waals surface area contributed by atoms with Gasteiger partial charge in [0.1, 0.15) is 11.3 Å². The third-order valence-electron chi connectivity index (χ3n) is 5.43. The number of aromatic nitrogens is 2. The number of carbonyl (C=O) groups excluding carboxylic acids is 1. The van der Waals surface area contributed by atoms with Crippen LogP contribution in [0.15, 0.2) is 94.6 Å². The van der Waals surface area contributed by atoms with E-state index < -0.39 is 0 Å². The normalized spacial score (nSPS) is 12.5. The molecule has 5 aromatic rings. The summed E-state index contributed by atoms with van der Waals surface area (Å²) in [4.78, 5) is 12.6. The predicted molar refractivity (Wildman–Crippen MR) is 126 cm³/mol. The first-order valence-corrected chi connectivity index (χ1v) is 10.6. The zero-order valence-electron chi connectivity index (χ0n) is 17.8. The van der Waals surface area contributed by atoms with Crippen LogP contribution >= 0.6 is 0 Å². The molecule has 8 heteroatoms. The summed E-state index contributed by atoms with van der Waals surface area (Å²) in [5, 5.41) is 9.87. The SMILES string of the molecule is O=C(NN=Cc1cn(-c2ccccc2)nc1-c1cc2ccccc2o1)c1ccc2c(c1)OCO2. The van der Waals surface area contributed by atoms with E-state index in [9.17, 15) is 4.79 Å². The second-order valence-electron chi connectivity index (χ2n) is 7.63. The first-order chi connectivity index (χ1) is 16.7. The molecule has 0 radical (unpaired) electrons. The number of fused-ring (bicyclic) bond motifs is 2. The van der Waals surface area contributed by atoms with Crippen LogP contribution in [0.5, 0.6) is 11.5 Å². The van der Waals surface area contributed by atoms with Gasteiger partial charge in [-0.1, -0.05) is 36.4 Å². The van der Waals surface area contributed by atoms with Crippen molar-refractivity contribution in [1.29, 1.82) is 0 Å². The fourth-order valence-corrected chi connectivity index (χ4v) is 3.75. The monoisotopic (exact) mass is 450 g/mol. The van der Waals surface area contributed by atoms with Crippen LogP contribution in [-0.4, -0.2) is 28.7 Å². The largest absolute Gasteiger partial charge is 0.454 e. The van der Waals surface area contributed by atoms with Gasteiger partial charge < -0.3 is 13.9 Å². The Hall–Kier alpha value is -4.85. The maximum Gasteiger partial charge on any atom is 0.271 e. The molecule has 1 aliphatic rings. The summed E-state index contributed by atoms with van der Waals surface area (Å²) in [5.74, 6) is 1.39. The molecule has 0 atom stereocenters. The lowest BCUT2D eigenvalue weighted by atomic mass is 10.2. The average Bonchev–Trinajstić information content (AvgIpc) is 3.61. The van der Waals surface area contributed by atoms with Crippen LogP contribution in [0.25, 0.3) is 28.1 Å². The van der Waals surface area contributed by atoms with Crippen molar-refractivity contribution in [3.8, 4) is 28.6 Å². The number of ether oxygens (including phenoxy) is 2. The molecular weight excluding hydrogens is 432 g/mol. The second-order valence-corrected chi connectivity index (χ2v) is 7.63. The van der Waals surface area contributed by atoms with Gasteiger partial charge in [0.25, 0.3) is 5.91 Å². The number of nitrogens with one attached hydrogen (secondary N) is 1. The van der Waals surface area contributed by atoms with E-state index in [1.165, 1.54) is 0 Å². The van der Waals surface area contributed by atoms with Crippen LogP contribution in [0.1, 0.15) is 15.9 Å². The number of rotatable bonds is 5. The van der Waals surface area contributed by atoms with Gasteiger partial charge in [0.05, 0.1) is 11.9 Å². The molecule has 0 saturated carbocycles. The quantitative estimate of drug-likeness (QED) is 0.307. The predicted octanol–water partition coefficient (Wildman–Crippen LogP) is 4.78. The third-order valence-corrected chi connectivity index (χ3v) is 5.43. The van der Waals surface area contributed by atoms with Gasteiger partial charge in [0, 0.05) is 22.7 Å². The third kappa shape index (κ3) is 3.67. The van der Waals surface area contributed by atoms with Crippen LogP contribution in [-0.2, 0) is 0 Å². The number of benzene rings is 3. The molecule has 0 spiro atoms. The van der Waals surface area contributed by atoms with E-state index in [2.05, 4.69) is 10.5 Å². The fourth-order valence-electron chi connectivity index (χ4n) is 3.75. The number of amides is 1. The molecule has 1 aliphatic heterocycles. The first-order valence-electron chi connectivity index (χ1n) is 10.6. The number of hydrogen-bond acceptors (Lipinski definition) is 6. The molecule has 34 heavy (non-hydrogen) atoms. The molecule has 0 aliphatic carbocycles. The number of para-hydroxylation sites is 2. The van der Waals surface area contributed by atoms with Crippen LogP contribution < -0.4 is 14.9 Å². The lowest BCUT2D eigenvalue weighted by Gasteiger charge is -2.01. The van der Waals surface area contributed by atoms with E-state index in [0.717, 1.165) is 16.7 Å². The van der Waals surface area contributed by atoms with Gasteiger partial charge in [-0.2, -0.15) is 10.2 Å². The van der Waals surface area contributed by atoms with Crippen molar-refractivity contribution in [2.45, 2.75) is 0 Å². The van der Waals surface area contributed by atoms with Crippen molar-refractivity contribution in [2.24, 2.45) is 5.10 Å². The van der Waals surface area contributed by atoms with Crippen molar-refractivity contribution in [1.82, 2.24) is 15.2 Å². The molecule has 0 unspecified atom stereocenters. The standard InChI is InChI=1S/C26H18N4O4/c31-26(18-10-11-22-23(13-18)33-16-32-22)28-27-14-19-15-30(20-7-2-1-3-8-20)29-25(19)24-12-17-6-4-5-9-21(17)34-24/h1-15H,16H2,(H,28,31). The molecule has 3 heterocycles. The second kappa shape index (κ2) is 8.25. The number of hydrazone groups is 1. The summed E-state index contributed by atoms with van der Waals surface area (Å²) < 4.78 is 18.4. The Balaban J connectivity index is 1.31. The lowest BCUT2D eigenvalue weighted by molar-refractivity contribution is 0.0954. The highest BCUT2D eigenvalue weighted by Crippen LogP contribution is 2.32. The Morgan fingerprint density at radius 2 is 1.79 bits per heavy atom. The molecule has 6 rings (SSSR count). The molecule has 166 valence electrons.